The van der Waals surface area contributed by atoms with E-state index in [9.17, 15) is 13.6 Å². The minimum atomic E-state index is -0.809. The molecule has 0 aliphatic heterocycles. The fraction of sp³-hybridized carbons (Fsp3) is 0.333. The van der Waals surface area contributed by atoms with E-state index < -0.39 is 11.6 Å². The van der Waals surface area contributed by atoms with Crippen LogP contribution in [0.5, 0.6) is 0 Å². The van der Waals surface area contributed by atoms with Gasteiger partial charge in [0.25, 0.3) is 0 Å². The van der Waals surface area contributed by atoms with Gasteiger partial charge in [-0.25, -0.2) is 13.8 Å². The molecule has 16 heavy (non-hydrogen) atoms. The van der Waals surface area contributed by atoms with Crippen LogP contribution in [0.3, 0.4) is 0 Å². The molecule has 1 aliphatic carbocycles. The molecule has 1 saturated carbocycles. The number of nitrogens with zero attached hydrogens (tertiary/aromatic N) is 1. The van der Waals surface area contributed by atoms with Gasteiger partial charge in [-0.2, -0.15) is 0 Å². The third kappa shape index (κ3) is 2.39. The molecule has 0 radical (unpaired) electrons. The molecular weight excluding hydrogens is 331 g/mol. The van der Waals surface area contributed by atoms with Gasteiger partial charge in [0.05, 0.1) is 9.77 Å². The summed E-state index contributed by atoms with van der Waals surface area (Å²) in [7, 11) is 0. The number of rotatable bonds is 3. The number of anilines is 1. The van der Waals surface area contributed by atoms with Gasteiger partial charge in [0.1, 0.15) is 0 Å². The van der Waals surface area contributed by atoms with Crippen LogP contribution in [-0.4, -0.2) is 10.9 Å². The molecule has 0 saturated heterocycles. The summed E-state index contributed by atoms with van der Waals surface area (Å²) in [6.07, 6.45) is 2.60. The number of carbonyl (C=O) groups is 1. The maximum Gasteiger partial charge on any atom is 0.241 e. The van der Waals surface area contributed by atoms with Crippen LogP contribution in [0.2, 0.25) is 0 Å². The van der Waals surface area contributed by atoms with Gasteiger partial charge in [0, 0.05) is 5.92 Å². The summed E-state index contributed by atoms with van der Waals surface area (Å²) < 4.78 is 26.1. The van der Waals surface area contributed by atoms with Crippen molar-refractivity contribution < 1.29 is 13.6 Å². The summed E-state index contributed by atoms with van der Waals surface area (Å²) in [5.74, 6) is -1.90. The van der Waals surface area contributed by atoms with E-state index in [1.807, 2.05) is 0 Å². The van der Waals surface area contributed by atoms with Crippen molar-refractivity contribution in [3.8, 4) is 0 Å². The second-order valence-corrected chi connectivity index (χ2v) is 4.55. The summed E-state index contributed by atoms with van der Waals surface area (Å²) in [6, 6.07) is 0. The summed E-state index contributed by atoms with van der Waals surface area (Å²) in [6.45, 7) is 0. The Balaban J connectivity index is 2.03. The van der Waals surface area contributed by atoms with Crippen LogP contribution in [0.15, 0.2) is 6.20 Å². The number of amides is 1. The first-order valence-corrected chi connectivity index (χ1v) is 5.73. The lowest BCUT2D eigenvalue weighted by molar-refractivity contribution is -0.121. The van der Waals surface area contributed by atoms with Gasteiger partial charge in [-0.1, -0.05) is 0 Å². The number of aromatic nitrogens is 1. The highest BCUT2D eigenvalue weighted by Crippen LogP contribution is 2.28. The highest BCUT2D eigenvalue weighted by Gasteiger charge is 2.29. The standard InChI is InChI=1S/C9H8F2IN3O/c10-5-3-13-8(6(11)7(5)12)14-15-9(16)4-1-2-4/h3-4H,1-2H2,(H,13,14)(H,15,16). The average Bonchev–Trinajstić information content (AvgIpc) is 3.08. The quantitative estimate of drug-likeness (QED) is 0.653. The second-order valence-electron chi connectivity index (χ2n) is 3.47. The van der Waals surface area contributed by atoms with Crippen LogP contribution in [-0.2, 0) is 4.79 Å². The monoisotopic (exact) mass is 339 g/mol. The normalized spacial score (nSPS) is 14.7. The molecular formula is C9H8F2IN3O. The van der Waals surface area contributed by atoms with Crippen LogP contribution in [0.1, 0.15) is 12.8 Å². The maximum atomic E-state index is 13.4. The minimum absolute atomic E-state index is 0.00933. The van der Waals surface area contributed by atoms with Gasteiger partial charge in [0.2, 0.25) is 5.91 Å². The number of carbonyl (C=O) groups excluding carboxylic acids is 1. The van der Waals surface area contributed by atoms with E-state index in [0.717, 1.165) is 19.0 Å². The molecule has 1 aromatic rings. The Morgan fingerprint density at radius 1 is 1.50 bits per heavy atom. The number of nitrogens with one attached hydrogen (secondary N) is 2. The number of hydrazine groups is 1. The Labute approximate surface area is 104 Å². The Morgan fingerprint density at radius 3 is 2.81 bits per heavy atom. The number of hydrogen-bond donors (Lipinski definition) is 2. The van der Waals surface area contributed by atoms with Gasteiger partial charge >= 0.3 is 0 Å². The Morgan fingerprint density at radius 2 is 2.19 bits per heavy atom. The summed E-state index contributed by atoms with van der Waals surface area (Å²) in [5, 5.41) is 0. The first kappa shape index (κ1) is 11.5. The largest absolute Gasteiger partial charge is 0.279 e. The first-order chi connectivity index (χ1) is 7.59. The molecule has 0 unspecified atom stereocenters. The molecule has 1 amide bonds. The third-order valence-corrected chi connectivity index (χ3v) is 3.16. The molecule has 7 heteroatoms. The van der Waals surface area contributed by atoms with E-state index in [1.54, 1.807) is 0 Å². The SMILES string of the molecule is O=C(NNc1ncc(F)c(I)c1F)C1CC1. The molecule has 1 fully saturated rings. The summed E-state index contributed by atoms with van der Waals surface area (Å²) >= 11 is 1.53. The molecule has 1 aromatic heterocycles. The molecule has 1 heterocycles. The van der Waals surface area contributed by atoms with E-state index in [4.69, 9.17) is 0 Å². The molecule has 2 rings (SSSR count). The highest BCUT2D eigenvalue weighted by atomic mass is 127. The second kappa shape index (κ2) is 4.48. The third-order valence-electron chi connectivity index (χ3n) is 2.17. The van der Waals surface area contributed by atoms with Crippen LogP contribution in [0, 0.1) is 21.1 Å². The van der Waals surface area contributed by atoms with Gasteiger partial charge in [-0.3, -0.25) is 15.6 Å². The molecule has 2 N–H and O–H groups in total. The van der Waals surface area contributed by atoms with Crippen molar-refractivity contribution in [3.63, 3.8) is 0 Å². The Kier molecular flexibility index (Phi) is 3.22. The lowest BCUT2D eigenvalue weighted by atomic mass is 10.4. The first-order valence-electron chi connectivity index (χ1n) is 4.65. The zero-order valence-corrected chi connectivity index (χ0v) is 10.2. The van der Waals surface area contributed by atoms with Gasteiger partial charge in [-0.05, 0) is 35.4 Å². The van der Waals surface area contributed by atoms with E-state index in [-0.39, 0.29) is 21.2 Å². The van der Waals surface area contributed by atoms with E-state index in [1.165, 1.54) is 22.6 Å². The number of pyridine rings is 1. The topological polar surface area (TPSA) is 54.0 Å². The number of hydrogen-bond acceptors (Lipinski definition) is 3. The lowest BCUT2D eigenvalue weighted by Gasteiger charge is -2.08. The van der Waals surface area contributed by atoms with Crippen LogP contribution < -0.4 is 10.9 Å². The molecule has 0 atom stereocenters. The minimum Gasteiger partial charge on any atom is -0.279 e. The van der Waals surface area contributed by atoms with Crippen LogP contribution in [0.4, 0.5) is 14.6 Å². The van der Waals surface area contributed by atoms with Crippen molar-refractivity contribution in [3.05, 3.63) is 21.4 Å². The van der Waals surface area contributed by atoms with Gasteiger partial charge < -0.3 is 0 Å². The van der Waals surface area contributed by atoms with E-state index in [2.05, 4.69) is 15.8 Å². The molecule has 1 aliphatic rings. The Hall–Kier alpha value is -0.990. The summed E-state index contributed by atoms with van der Waals surface area (Å²) in [4.78, 5) is 14.8. The maximum absolute atomic E-state index is 13.4. The smallest absolute Gasteiger partial charge is 0.241 e. The predicted octanol–water partition coefficient (Wildman–Crippen LogP) is 1.82. The van der Waals surface area contributed by atoms with Crippen LogP contribution in [0.25, 0.3) is 0 Å². The van der Waals surface area contributed by atoms with Crippen molar-refractivity contribution in [2.24, 2.45) is 5.92 Å². The Bertz CT molecular complexity index is 437. The lowest BCUT2D eigenvalue weighted by Crippen LogP contribution is -2.31. The van der Waals surface area contributed by atoms with Crippen molar-refractivity contribution in [2.75, 3.05) is 5.43 Å². The number of halogens is 3. The fourth-order valence-corrected chi connectivity index (χ4v) is 1.49. The zero-order chi connectivity index (χ0) is 11.7. The molecule has 0 bridgehead atoms. The average molecular weight is 339 g/mol. The van der Waals surface area contributed by atoms with Gasteiger partial charge in [-0.15, -0.1) is 0 Å². The molecule has 0 spiro atoms. The molecule has 0 aromatic carbocycles. The van der Waals surface area contributed by atoms with Crippen molar-refractivity contribution in [1.82, 2.24) is 10.4 Å². The fourth-order valence-electron chi connectivity index (χ4n) is 1.10. The van der Waals surface area contributed by atoms with Crippen molar-refractivity contribution in [2.45, 2.75) is 12.8 Å². The predicted molar refractivity (Wildman–Crippen MR) is 61.4 cm³/mol. The van der Waals surface area contributed by atoms with E-state index in [0.29, 0.717) is 0 Å². The molecule has 86 valence electrons. The van der Waals surface area contributed by atoms with Gasteiger partial charge in [0.15, 0.2) is 17.5 Å². The van der Waals surface area contributed by atoms with Crippen LogP contribution >= 0.6 is 22.6 Å². The zero-order valence-electron chi connectivity index (χ0n) is 8.06. The molecule has 4 nitrogen and oxygen atoms in total. The van der Waals surface area contributed by atoms with Crippen molar-refractivity contribution in [1.29, 1.82) is 0 Å². The van der Waals surface area contributed by atoms with Crippen molar-refractivity contribution >= 4 is 34.3 Å². The highest BCUT2D eigenvalue weighted by molar-refractivity contribution is 14.1. The van der Waals surface area contributed by atoms with E-state index >= 15 is 0 Å². The summed E-state index contributed by atoms with van der Waals surface area (Å²) in [5.41, 5.74) is 4.68.